The number of hydrogen-bond donors (Lipinski definition) is 1. The highest BCUT2D eigenvalue weighted by atomic mass is 32.1. The van der Waals surface area contributed by atoms with Crippen LogP contribution in [0.15, 0.2) is 78.2 Å². The predicted octanol–water partition coefficient (Wildman–Crippen LogP) is 5.33. The van der Waals surface area contributed by atoms with Gasteiger partial charge in [0, 0.05) is 19.0 Å². The van der Waals surface area contributed by atoms with Crippen LogP contribution in [0.25, 0.3) is 27.3 Å². The van der Waals surface area contributed by atoms with Crippen LogP contribution in [0.5, 0.6) is 0 Å². The fraction of sp³-hybridized carbons (Fsp3) is 0.120. The Bertz CT molecular complexity index is 1360. The molecule has 5 nitrogen and oxygen atoms in total. The Morgan fingerprint density at radius 2 is 1.87 bits per heavy atom. The Labute approximate surface area is 184 Å². The quantitative estimate of drug-likeness (QED) is 0.413. The first-order chi connectivity index (χ1) is 15.1. The number of nitrogens with zero attached hydrogens (tertiary/aromatic N) is 3. The van der Waals surface area contributed by atoms with Crippen molar-refractivity contribution < 1.29 is 4.79 Å². The van der Waals surface area contributed by atoms with E-state index in [9.17, 15) is 4.79 Å². The summed E-state index contributed by atoms with van der Waals surface area (Å²) in [7, 11) is 1.92. The molecular formula is C25H22N4OS. The largest absolute Gasteiger partial charge is 0.347 e. The van der Waals surface area contributed by atoms with Crippen LogP contribution in [0.2, 0.25) is 0 Å². The number of aryl methyl sites for hydroxylation is 2. The van der Waals surface area contributed by atoms with Crippen molar-refractivity contribution >= 4 is 28.3 Å². The van der Waals surface area contributed by atoms with Gasteiger partial charge in [-0.05, 0) is 42.1 Å². The maximum Gasteiger partial charge on any atom is 0.268 e. The molecule has 0 aliphatic rings. The summed E-state index contributed by atoms with van der Waals surface area (Å²) in [5, 5.41) is 11.0. The zero-order chi connectivity index (χ0) is 21.4. The van der Waals surface area contributed by atoms with Crippen LogP contribution in [0.3, 0.4) is 0 Å². The Kier molecular flexibility index (Phi) is 4.92. The van der Waals surface area contributed by atoms with E-state index in [-0.39, 0.29) is 5.91 Å². The number of fused-ring (bicyclic) bond motifs is 1. The number of amides is 1. The topological polar surface area (TPSA) is 51.9 Å². The number of thiophene rings is 1. The lowest BCUT2D eigenvalue weighted by atomic mass is 10.1. The van der Waals surface area contributed by atoms with E-state index in [1.54, 1.807) is 11.3 Å². The first kappa shape index (κ1) is 19.3. The van der Waals surface area contributed by atoms with Crippen molar-refractivity contribution in [3.8, 4) is 16.3 Å². The van der Waals surface area contributed by atoms with Crippen LogP contribution in [0.1, 0.15) is 21.6 Å². The van der Waals surface area contributed by atoms with Crippen LogP contribution in [0.4, 0.5) is 0 Å². The van der Waals surface area contributed by atoms with Gasteiger partial charge in [-0.3, -0.25) is 4.79 Å². The van der Waals surface area contributed by atoms with E-state index in [4.69, 9.17) is 5.10 Å². The highest BCUT2D eigenvalue weighted by molar-refractivity contribution is 7.13. The Morgan fingerprint density at radius 1 is 1.03 bits per heavy atom. The highest BCUT2D eigenvalue weighted by Crippen LogP contribution is 2.34. The maximum atomic E-state index is 13.1. The van der Waals surface area contributed by atoms with Gasteiger partial charge in [0.1, 0.15) is 17.0 Å². The van der Waals surface area contributed by atoms with Crippen LogP contribution in [-0.2, 0) is 13.6 Å². The average molecular weight is 427 g/mol. The van der Waals surface area contributed by atoms with E-state index < -0.39 is 0 Å². The first-order valence-electron chi connectivity index (χ1n) is 10.1. The molecule has 0 aliphatic carbocycles. The van der Waals surface area contributed by atoms with E-state index in [2.05, 4.69) is 30.4 Å². The van der Waals surface area contributed by atoms with Crippen molar-refractivity contribution in [3.05, 3.63) is 95.0 Å². The van der Waals surface area contributed by atoms with Crippen molar-refractivity contribution in [2.75, 3.05) is 0 Å². The minimum atomic E-state index is -0.100. The van der Waals surface area contributed by atoms with Crippen molar-refractivity contribution in [1.82, 2.24) is 19.7 Å². The highest BCUT2D eigenvalue weighted by Gasteiger charge is 2.22. The van der Waals surface area contributed by atoms with Gasteiger partial charge in [0.25, 0.3) is 5.91 Å². The van der Waals surface area contributed by atoms with E-state index in [0.717, 1.165) is 32.9 Å². The lowest BCUT2D eigenvalue weighted by Gasteiger charge is -2.09. The lowest BCUT2D eigenvalue weighted by molar-refractivity contribution is 0.0943. The van der Waals surface area contributed by atoms with Crippen LogP contribution < -0.4 is 5.32 Å². The standard InChI is InChI=1S/C25H22N4OS/c1-17-8-6-9-18(14-17)16-26-24(30)21-15-20-23(22-12-7-13-31-22)27-29(25(20)28(21)2)19-10-4-3-5-11-19/h3-15H,16H2,1-2H3,(H,26,30). The Hall–Kier alpha value is -3.64. The summed E-state index contributed by atoms with van der Waals surface area (Å²) >= 11 is 1.65. The lowest BCUT2D eigenvalue weighted by Crippen LogP contribution is -2.25. The average Bonchev–Trinajstić information content (AvgIpc) is 3.50. The van der Waals surface area contributed by atoms with Gasteiger partial charge in [0.2, 0.25) is 0 Å². The molecule has 0 aliphatic heterocycles. The zero-order valence-electron chi connectivity index (χ0n) is 17.4. The molecule has 0 unspecified atom stereocenters. The van der Waals surface area contributed by atoms with Gasteiger partial charge in [-0.1, -0.05) is 54.1 Å². The van der Waals surface area contributed by atoms with Crippen molar-refractivity contribution in [3.63, 3.8) is 0 Å². The van der Waals surface area contributed by atoms with Gasteiger partial charge in [-0.25, -0.2) is 4.68 Å². The van der Waals surface area contributed by atoms with Gasteiger partial charge in [-0.2, -0.15) is 5.10 Å². The summed E-state index contributed by atoms with van der Waals surface area (Å²) in [5.41, 5.74) is 5.63. The summed E-state index contributed by atoms with van der Waals surface area (Å²) in [4.78, 5) is 14.2. The third-order valence-electron chi connectivity index (χ3n) is 5.38. The molecule has 0 bridgehead atoms. The molecule has 0 atom stereocenters. The van der Waals surface area contributed by atoms with Gasteiger partial charge in [0.05, 0.1) is 10.6 Å². The summed E-state index contributed by atoms with van der Waals surface area (Å²) in [6, 6.07) is 24.2. The number of para-hydroxylation sites is 1. The van der Waals surface area contributed by atoms with E-state index >= 15 is 0 Å². The molecule has 31 heavy (non-hydrogen) atoms. The van der Waals surface area contributed by atoms with Gasteiger partial charge >= 0.3 is 0 Å². The molecule has 0 spiro atoms. The van der Waals surface area contributed by atoms with Crippen molar-refractivity contribution in [2.45, 2.75) is 13.5 Å². The Balaban J connectivity index is 1.57. The molecule has 1 amide bonds. The minimum Gasteiger partial charge on any atom is -0.347 e. The number of carbonyl (C=O) groups is 1. The van der Waals surface area contributed by atoms with Crippen LogP contribution in [0, 0.1) is 6.92 Å². The Morgan fingerprint density at radius 3 is 2.61 bits per heavy atom. The predicted molar refractivity (Wildman–Crippen MR) is 126 cm³/mol. The fourth-order valence-corrected chi connectivity index (χ4v) is 4.61. The molecule has 5 rings (SSSR count). The van der Waals surface area contributed by atoms with Crippen LogP contribution in [-0.4, -0.2) is 20.3 Å². The number of benzene rings is 2. The summed E-state index contributed by atoms with van der Waals surface area (Å²) in [6.45, 7) is 2.54. The third kappa shape index (κ3) is 3.55. The summed E-state index contributed by atoms with van der Waals surface area (Å²) in [6.07, 6.45) is 0. The van der Waals surface area contributed by atoms with Gasteiger partial charge < -0.3 is 9.88 Å². The second-order valence-corrected chi connectivity index (χ2v) is 8.52. The molecule has 0 fully saturated rings. The second kappa shape index (κ2) is 7.89. The molecule has 3 aromatic heterocycles. The van der Waals surface area contributed by atoms with E-state index in [1.807, 2.05) is 76.3 Å². The monoisotopic (exact) mass is 426 g/mol. The molecule has 2 aromatic carbocycles. The SMILES string of the molecule is Cc1cccc(CNC(=O)c2cc3c(-c4cccs4)nn(-c4ccccc4)c3n2C)c1. The number of aromatic nitrogens is 3. The van der Waals surface area contributed by atoms with Crippen LogP contribution >= 0.6 is 11.3 Å². The molecule has 0 saturated heterocycles. The van der Waals surface area contributed by atoms with E-state index in [1.165, 1.54) is 5.56 Å². The second-order valence-electron chi connectivity index (χ2n) is 7.57. The number of nitrogens with one attached hydrogen (secondary N) is 1. The fourth-order valence-electron chi connectivity index (χ4n) is 3.88. The first-order valence-corrected chi connectivity index (χ1v) is 11.0. The smallest absolute Gasteiger partial charge is 0.268 e. The summed E-state index contributed by atoms with van der Waals surface area (Å²) < 4.78 is 3.85. The van der Waals surface area contributed by atoms with Gasteiger partial charge in [0.15, 0.2) is 0 Å². The molecule has 0 saturated carbocycles. The zero-order valence-corrected chi connectivity index (χ0v) is 18.2. The number of rotatable bonds is 5. The molecular weight excluding hydrogens is 404 g/mol. The number of hydrogen-bond acceptors (Lipinski definition) is 3. The molecule has 0 radical (unpaired) electrons. The van der Waals surface area contributed by atoms with Crippen molar-refractivity contribution in [2.24, 2.45) is 7.05 Å². The molecule has 3 heterocycles. The molecule has 6 heteroatoms. The summed E-state index contributed by atoms with van der Waals surface area (Å²) in [5.74, 6) is -0.100. The minimum absolute atomic E-state index is 0.100. The normalized spacial score (nSPS) is 11.2. The maximum absolute atomic E-state index is 13.1. The molecule has 5 aromatic rings. The van der Waals surface area contributed by atoms with Crippen molar-refractivity contribution in [1.29, 1.82) is 0 Å². The van der Waals surface area contributed by atoms with E-state index in [0.29, 0.717) is 12.2 Å². The van der Waals surface area contributed by atoms with Gasteiger partial charge in [-0.15, -0.1) is 11.3 Å². The third-order valence-corrected chi connectivity index (χ3v) is 6.26. The number of carbonyl (C=O) groups excluding carboxylic acids is 1. The molecule has 1 N–H and O–H groups in total. The molecule has 154 valence electrons.